The van der Waals surface area contributed by atoms with Gasteiger partial charge in [0.2, 0.25) is 5.91 Å². The van der Waals surface area contributed by atoms with E-state index in [2.05, 4.69) is 5.32 Å². The molecule has 5 heteroatoms. The maximum atomic E-state index is 11.9. The van der Waals surface area contributed by atoms with Gasteiger partial charge in [0.05, 0.1) is 6.42 Å². The maximum Gasteiger partial charge on any atom is 0.303 e. The highest BCUT2D eigenvalue weighted by atomic mass is 16.4. The number of hydrogen-bond acceptors (Lipinski definition) is 3. The van der Waals surface area contributed by atoms with Gasteiger partial charge in [-0.2, -0.15) is 0 Å². The normalized spacial score (nSPS) is 12.1. The van der Waals surface area contributed by atoms with Gasteiger partial charge in [-0.25, -0.2) is 0 Å². The molecule has 21 heavy (non-hydrogen) atoms. The van der Waals surface area contributed by atoms with Gasteiger partial charge in [-0.05, 0) is 36.0 Å². The first kappa shape index (κ1) is 17.0. The van der Waals surface area contributed by atoms with Crippen LogP contribution in [-0.4, -0.2) is 23.5 Å². The fourth-order valence-corrected chi connectivity index (χ4v) is 2.36. The van der Waals surface area contributed by atoms with E-state index in [4.69, 9.17) is 10.8 Å². The number of rotatable bonds is 8. The number of carbonyl (C=O) groups excluding carboxylic acids is 1. The largest absolute Gasteiger partial charge is 0.481 e. The second-order valence-corrected chi connectivity index (χ2v) is 5.82. The Morgan fingerprint density at radius 1 is 1.33 bits per heavy atom. The lowest BCUT2D eigenvalue weighted by Crippen LogP contribution is -2.32. The Bertz CT molecular complexity index is 486. The molecule has 0 aliphatic rings. The van der Waals surface area contributed by atoms with Gasteiger partial charge in [-0.3, -0.25) is 9.59 Å². The third kappa shape index (κ3) is 7.34. The number of benzene rings is 1. The van der Waals surface area contributed by atoms with E-state index in [1.807, 2.05) is 26.0 Å². The Morgan fingerprint density at radius 3 is 2.62 bits per heavy atom. The van der Waals surface area contributed by atoms with Gasteiger partial charge in [0.25, 0.3) is 0 Å². The van der Waals surface area contributed by atoms with Gasteiger partial charge in [0.15, 0.2) is 0 Å². The molecule has 0 saturated heterocycles. The summed E-state index contributed by atoms with van der Waals surface area (Å²) < 4.78 is 0. The summed E-state index contributed by atoms with van der Waals surface area (Å²) in [4.78, 5) is 22.7. The molecule has 0 spiro atoms. The number of carboxylic acid groups (broad SMARTS) is 1. The Balaban J connectivity index is 2.47. The minimum Gasteiger partial charge on any atom is -0.481 e. The highest BCUT2D eigenvalue weighted by molar-refractivity contribution is 5.78. The van der Waals surface area contributed by atoms with Crippen molar-refractivity contribution >= 4 is 17.6 Å². The smallest absolute Gasteiger partial charge is 0.303 e. The first-order chi connectivity index (χ1) is 9.86. The highest BCUT2D eigenvalue weighted by Crippen LogP contribution is 2.15. The molecule has 0 fully saturated rings. The van der Waals surface area contributed by atoms with E-state index in [0.717, 1.165) is 12.0 Å². The van der Waals surface area contributed by atoms with Gasteiger partial charge >= 0.3 is 5.97 Å². The molecule has 1 atom stereocenters. The molecule has 0 aromatic heterocycles. The number of carboxylic acids is 1. The molecular weight excluding hydrogens is 268 g/mol. The Labute approximate surface area is 125 Å². The van der Waals surface area contributed by atoms with Crippen molar-refractivity contribution in [3.05, 3.63) is 29.8 Å². The lowest BCUT2D eigenvalue weighted by atomic mass is 9.94. The van der Waals surface area contributed by atoms with Gasteiger partial charge < -0.3 is 16.2 Å². The standard InChI is InChI=1S/C16H24N2O3/c1-11(2)6-13(9-16(20)21)10-18-15(19)8-12-4-3-5-14(17)7-12/h3-5,7,11,13H,6,8-10,17H2,1-2H3,(H,18,19)(H,20,21)/t13-/m0/s1. The summed E-state index contributed by atoms with van der Waals surface area (Å²) in [6.07, 6.45) is 1.12. The van der Waals surface area contributed by atoms with Crippen LogP contribution in [0.3, 0.4) is 0 Å². The van der Waals surface area contributed by atoms with E-state index < -0.39 is 5.97 Å². The molecule has 4 N–H and O–H groups in total. The third-order valence-electron chi connectivity index (χ3n) is 3.17. The van der Waals surface area contributed by atoms with Crippen LogP contribution in [0.15, 0.2) is 24.3 Å². The van der Waals surface area contributed by atoms with E-state index in [-0.39, 0.29) is 24.7 Å². The zero-order valence-electron chi connectivity index (χ0n) is 12.6. The summed E-state index contributed by atoms with van der Waals surface area (Å²) in [5.74, 6) is -0.571. The number of aliphatic carboxylic acids is 1. The number of amides is 1. The predicted octanol–water partition coefficient (Wildman–Crippen LogP) is 2.06. The van der Waals surface area contributed by atoms with E-state index in [9.17, 15) is 9.59 Å². The van der Waals surface area contributed by atoms with Crippen molar-refractivity contribution in [2.45, 2.75) is 33.1 Å². The van der Waals surface area contributed by atoms with E-state index >= 15 is 0 Å². The van der Waals surface area contributed by atoms with Crippen LogP contribution >= 0.6 is 0 Å². The second-order valence-electron chi connectivity index (χ2n) is 5.82. The Morgan fingerprint density at radius 2 is 2.05 bits per heavy atom. The van der Waals surface area contributed by atoms with Crippen molar-refractivity contribution in [1.82, 2.24) is 5.32 Å². The average molecular weight is 292 g/mol. The second kappa shape index (κ2) is 8.29. The molecular formula is C16H24N2O3. The summed E-state index contributed by atoms with van der Waals surface area (Å²) in [6.45, 7) is 4.48. The molecule has 116 valence electrons. The van der Waals surface area contributed by atoms with Gasteiger partial charge in [0.1, 0.15) is 0 Å². The zero-order valence-corrected chi connectivity index (χ0v) is 12.6. The molecule has 1 aromatic rings. The van der Waals surface area contributed by atoms with E-state index in [0.29, 0.717) is 18.2 Å². The molecule has 5 nitrogen and oxygen atoms in total. The average Bonchev–Trinajstić information content (AvgIpc) is 2.34. The number of nitrogen functional groups attached to an aromatic ring is 1. The highest BCUT2D eigenvalue weighted by Gasteiger charge is 2.16. The van der Waals surface area contributed by atoms with Crippen LogP contribution in [0, 0.1) is 11.8 Å². The molecule has 0 bridgehead atoms. The lowest BCUT2D eigenvalue weighted by molar-refractivity contribution is -0.138. The molecule has 0 aliphatic carbocycles. The Hall–Kier alpha value is -2.04. The minimum absolute atomic E-state index is 0.0349. The third-order valence-corrected chi connectivity index (χ3v) is 3.17. The number of nitrogens with one attached hydrogen (secondary N) is 1. The van der Waals surface area contributed by atoms with Crippen molar-refractivity contribution in [3.8, 4) is 0 Å². The molecule has 1 amide bonds. The Kier molecular flexibility index (Phi) is 6.72. The van der Waals surface area contributed by atoms with Crippen LogP contribution < -0.4 is 11.1 Å². The molecule has 1 aromatic carbocycles. The SMILES string of the molecule is CC(C)C[C@H](CNC(=O)Cc1cccc(N)c1)CC(=O)O. The van der Waals surface area contributed by atoms with Crippen LogP contribution in [0.2, 0.25) is 0 Å². The molecule has 1 rings (SSSR count). The maximum absolute atomic E-state index is 11.9. The lowest BCUT2D eigenvalue weighted by Gasteiger charge is -2.17. The molecule has 0 unspecified atom stereocenters. The van der Waals surface area contributed by atoms with Gasteiger partial charge in [-0.15, -0.1) is 0 Å². The predicted molar refractivity (Wildman–Crippen MR) is 82.8 cm³/mol. The van der Waals surface area contributed by atoms with Gasteiger partial charge in [0, 0.05) is 18.7 Å². The summed E-state index contributed by atoms with van der Waals surface area (Å²) in [5, 5.41) is 11.7. The monoisotopic (exact) mass is 292 g/mol. The first-order valence-corrected chi connectivity index (χ1v) is 7.19. The molecule has 0 radical (unpaired) electrons. The summed E-state index contributed by atoms with van der Waals surface area (Å²) in [5.41, 5.74) is 7.15. The van der Waals surface area contributed by atoms with Crippen LogP contribution in [0.5, 0.6) is 0 Å². The van der Waals surface area contributed by atoms with Crippen LogP contribution in [-0.2, 0) is 16.0 Å². The number of anilines is 1. The van der Waals surface area contributed by atoms with E-state index in [1.165, 1.54) is 0 Å². The van der Waals surface area contributed by atoms with E-state index in [1.54, 1.807) is 12.1 Å². The topological polar surface area (TPSA) is 92.4 Å². The van der Waals surface area contributed by atoms with Gasteiger partial charge in [-0.1, -0.05) is 26.0 Å². The number of carbonyl (C=O) groups is 2. The molecule has 0 heterocycles. The quantitative estimate of drug-likeness (QED) is 0.639. The molecule has 0 aliphatic heterocycles. The van der Waals surface area contributed by atoms with Crippen LogP contribution in [0.25, 0.3) is 0 Å². The van der Waals surface area contributed by atoms with Crippen molar-refractivity contribution in [2.75, 3.05) is 12.3 Å². The minimum atomic E-state index is -0.828. The summed E-state index contributed by atoms with van der Waals surface area (Å²) >= 11 is 0. The molecule has 0 saturated carbocycles. The van der Waals surface area contributed by atoms with Crippen molar-refractivity contribution < 1.29 is 14.7 Å². The van der Waals surface area contributed by atoms with Crippen molar-refractivity contribution in [3.63, 3.8) is 0 Å². The number of hydrogen-bond donors (Lipinski definition) is 3. The number of nitrogens with two attached hydrogens (primary N) is 1. The van der Waals surface area contributed by atoms with Crippen molar-refractivity contribution in [1.29, 1.82) is 0 Å². The van der Waals surface area contributed by atoms with Crippen LogP contribution in [0.4, 0.5) is 5.69 Å². The summed E-state index contributed by atoms with van der Waals surface area (Å²) in [7, 11) is 0. The van der Waals surface area contributed by atoms with Crippen LogP contribution in [0.1, 0.15) is 32.3 Å². The zero-order chi connectivity index (χ0) is 15.8. The fourth-order valence-electron chi connectivity index (χ4n) is 2.36. The first-order valence-electron chi connectivity index (χ1n) is 7.19. The van der Waals surface area contributed by atoms with Crippen molar-refractivity contribution in [2.24, 2.45) is 11.8 Å². The summed E-state index contributed by atoms with van der Waals surface area (Å²) in [6, 6.07) is 7.19. The fraction of sp³-hybridized carbons (Fsp3) is 0.500.